The quantitative estimate of drug-likeness (QED) is 0.143. The average molecular weight is 529 g/mol. The number of benzene rings is 3. The maximum absolute atomic E-state index is 12.4. The molecule has 0 saturated heterocycles. The molecule has 0 saturated carbocycles. The van der Waals surface area contributed by atoms with Crippen molar-refractivity contribution in [3.05, 3.63) is 95.6 Å². The molecule has 0 spiro atoms. The molecule has 204 valence electrons. The Balaban J connectivity index is 1.47. The molecule has 1 atom stereocenters. The topological polar surface area (TPSA) is 55.8 Å². The van der Waals surface area contributed by atoms with E-state index in [4.69, 9.17) is 9.47 Å². The van der Waals surface area contributed by atoms with Crippen LogP contribution in [0.1, 0.15) is 42.9 Å². The molecule has 1 N–H and O–H groups in total. The standard InChI is InChI=1S/C34H37FO4/c1-24(2)34(37)39-19-16-32-23-30(14-15-33(32)38-20-18-36)27-10-8-26(9-11-27)29-13-12-28-21-25(5-3-4-17-35)6-7-31(28)22-29/h6-15,22-23,25,36H,1,3-5,16-21H2,2H3. The number of aliphatic hydroxyl groups excluding tert-OH is 1. The first-order valence-electron chi connectivity index (χ1n) is 13.7. The van der Waals surface area contributed by atoms with Crippen LogP contribution < -0.4 is 4.74 Å². The SMILES string of the molecule is C=C(C)C(=O)OCCc1cc(-c2ccc(-c3ccc4c(c3)C=CC(CCCCF)C4)cc2)ccc1OCCO. The third-order valence-electron chi connectivity index (χ3n) is 7.05. The van der Waals surface area contributed by atoms with Gasteiger partial charge in [0.25, 0.3) is 0 Å². The van der Waals surface area contributed by atoms with Crippen molar-refractivity contribution in [3.8, 4) is 28.0 Å². The number of carbonyl (C=O) groups excluding carboxylic acids is 1. The molecule has 0 bridgehead atoms. The van der Waals surface area contributed by atoms with Gasteiger partial charge in [0.15, 0.2) is 0 Å². The van der Waals surface area contributed by atoms with Crippen LogP contribution in [0, 0.1) is 5.92 Å². The van der Waals surface area contributed by atoms with Crippen LogP contribution in [-0.4, -0.2) is 37.6 Å². The Labute approximate surface area is 230 Å². The second-order valence-electron chi connectivity index (χ2n) is 10.1. The highest BCUT2D eigenvalue weighted by Crippen LogP contribution is 2.32. The van der Waals surface area contributed by atoms with Crippen molar-refractivity contribution in [2.45, 2.75) is 39.0 Å². The Bertz CT molecular complexity index is 1310. The van der Waals surface area contributed by atoms with Crippen LogP contribution in [0.3, 0.4) is 0 Å². The van der Waals surface area contributed by atoms with E-state index in [-0.39, 0.29) is 26.5 Å². The van der Waals surface area contributed by atoms with Crippen LogP contribution in [0.25, 0.3) is 28.3 Å². The van der Waals surface area contributed by atoms with Crippen LogP contribution in [0.5, 0.6) is 5.75 Å². The third kappa shape index (κ3) is 7.67. The average Bonchev–Trinajstić information content (AvgIpc) is 2.96. The molecule has 1 unspecified atom stereocenters. The molecule has 0 heterocycles. The van der Waals surface area contributed by atoms with Gasteiger partial charge in [0.05, 0.1) is 19.9 Å². The second kappa shape index (κ2) is 13.9. The normalized spacial score (nSPS) is 14.1. The van der Waals surface area contributed by atoms with Gasteiger partial charge in [-0.05, 0) is 89.2 Å². The van der Waals surface area contributed by atoms with Gasteiger partial charge in [0.2, 0.25) is 0 Å². The smallest absolute Gasteiger partial charge is 0.333 e. The summed E-state index contributed by atoms with van der Waals surface area (Å²) < 4.78 is 23.4. The fraction of sp³-hybridized carbons (Fsp3) is 0.324. The van der Waals surface area contributed by atoms with E-state index in [1.807, 2.05) is 18.2 Å². The molecule has 5 heteroatoms. The van der Waals surface area contributed by atoms with E-state index in [1.165, 1.54) is 16.7 Å². The van der Waals surface area contributed by atoms with Crippen molar-refractivity contribution < 1.29 is 23.8 Å². The van der Waals surface area contributed by atoms with Crippen LogP contribution >= 0.6 is 0 Å². The van der Waals surface area contributed by atoms with E-state index in [9.17, 15) is 14.3 Å². The zero-order valence-corrected chi connectivity index (χ0v) is 22.6. The highest BCUT2D eigenvalue weighted by molar-refractivity contribution is 5.86. The van der Waals surface area contributed by atoms with E-state index in [0.717, 1.165) is 41.5 Å². The molecule has 0 aliphatic heterocycles. The maximum Gasteiger partial charge on any atom is 0.333 e. The Morgan fingerprint density at radius 3 is 2.36 bits per heavy atom. The molecule has 4 rings (SSSR count). The van der Waals surface area contributed by atoms with Gasteiger partial charge in [-0.2, -0.15) is 0 Å². The summed E-state index contributed by atoms with van der Waals surface area (Å²) in [6, 6.07) is 21.1. The number of esters is 1. The third-order valence-corrected chi connectivity index (χ3v) is 7.05. The first kappa shape index (κ1) is 28.3. The highest BCUT2D eigenvalue weighted by Gasteiger charge is 2.15. The minimum atomic E-state index is -0.411. The van der Waals surface area contributed by atoms with Crippen LogP contribution in [0.15, 0.2) is 78.9 Å². The Hall–Kier alpha value is -3.70. The van der Waals surface area contributed by atoms with Crippen molar-refractivity contribution in [1.82, 2.24) is 0 Å². The number of aliphatic hydroxyl groups is 1. The van der Waals surface area contributed by atoms with E-state index in [0.29, 0.717) is 30.1 Å². The number of allylic oxidation sites excluding steroid dienone is 1. The fourth-order valence-corrected chi connectivity index (χ4v) is 4.89. The summed E-state index contributed by atoms with van der Waals surface area (Å²) in [4.78, 5) is 11.8. The largest absolute Gasteiger partial charge is 0.491 e. The molecular formula is C34H37FO4. The van der Waals surface area contributed by atoms with Crippen molar-refractivity contribution in [3.63, 3.8) is 0 Å². The van der Waals surface area contributed by atoms with Crippen molar-refractivity contribution in [1.29, 1.82) is 0 Å². The molecule has 0 radical (unpaired) electrons. The number of unbranched alkanes of at least 4 members (excludes halogenated alkanes) is 1. The summed E-state index contributed by atoms with van der Waals surface area (Å²) in [5, 5.41) is 9.18. The lowest BCUT2D eigenvalue weighted by Crippen LogP contribution is -2.10. The van der Waals surface area contributed by atoms with Gasteiger partial charge < -0.3 is 14.6 Å². The zero-order valence-electron chi connectivity index (χ0n) is 22.6. The number of carbonyl (C=O) groups is 1. The number of ether oxygens (including phenoxy) is 2. The van der Waals surface area contributed by atoms with Crippen LogP contribution in [0.4, 0.5) is 4.39 Å². The number of hydrogen-bond donors (Lipinski definition) is 1. The van der Waals surface area contributed by atoms with Gasteiger partial charge in [-0.15, -0.1) is 0 Å². The van der Waals surface area contributed by atoms with E-state index in [1.54, 1.807) is 6.92 Å². The van der Waals surface area contributed by atoms with Gasteiger partial charge in [0, 0.05) is 12.0 Å². The first-order valence-corrected chi connectivity index (χ1v) is 13.7. The van der Waals surface area contributed by atoms with E-state index < -0.39 is 5.97 Å². The summed E-state index contributed by atoms with van der Waals surface area (Å²) in [6.45, 7) is 5.35. The van der Waals surface area contributed by atoms with Crippen molar-refractivity contribution in [2.24, 2.45) is 5.92 Å². The summed E-state index contributed by atoms with van der Waals surface area (Å²) in [5.41, 5.74) is 8.31. The highest BCUT2D eigenvalue weighted by atomic mass is 19.1. The molecule has 0 amide bonds. The molecule has 1 aliphatic rings. The Morgan fingerprint density at radius 1 is 0.974 bits per heavy atom. The van der Waals surface area contributed by atoms with E-state index >= 15 is 0 Å². The van der Waals surface area contributed by atoms with Crippen molar-refractivity contribution >= 4 is 12.0 Å². The monoisotopic (exact) mass is 528 g/mol. The first-order chi connectivity index (χ1) is 19.0. The lowest BCUT2D eigenvalue weighted by molar-refractivity contribution is -0.138. The lowest BCUT2D eigenvalue weighted by Gasteiger charge is -2.20. The van der Waals surface area contributed by atoms with Crippen molar-refractivity contribution in [2.75, 3.05) is 26.5 Å². The number of fused-ring (bicyclic) bond motifs is 1. The Kier molecular flexibility index (Phi) is 10.1. The van der Waals surface area contributed by atoms with E-state index in [2.05, 4.69) is 61.2 Å². The van der Waals surface area contributed by atoms with Gasteiger partial charge in [-0.1, -0.05) is 67.6 Å². The van der Waals surface area contributed by atoms with Gasteiger partial charge in [-0.3, -0.25) is 4.39 Å². The molecule has 4 nitrogen and oxygen atoms in total. The second-order valence-corrected chi connectivity index (χ2v) is 10.1. The predicted octanol–water partition coefficient (Wildman–Crippen LogP) is 7.38. The van der Waals surface area contributed by atoms with Gasteiger partial charge >= 0.3 is 5.97 Å². The zero-order chi connectivity index (χ0) is 27.6. The lowest BCUT2D eigenvalue weighted by atomic mass is 9.85. The molecule has 0 aromatic heterocycles. The number of halogens is 1. The van der Waals surface area contributed by atoms with Gasteiger partial charge in [0.1, 0.15) is 12.4 Å². The van der Waals surface area contributed by atoms with Crippen LogP contribution in [0.2, 0.25) is 0 Å². The molecule has 0 fully saturated rings. The predicted molar refractivity (Wildman–Crippen MR) is 155 cm³/mol. The molecular weight excluding hydrogens is 491 g/mol. The number of hydrogen-bond acceptors (Lipinski definition) is 4. The fourth-order valence-electron chi connectivity index (χ4n) is 4.89. The molecule has 1 aliphatic carbocycles. The number of alkyl halides is 1. The Morgan fingerprint density at radius 2 is 1.67 bits per heavy atom. The molecule has 3 aromatic rings. The van der Waals surface area contributed by atoms with Gasteiger partial charge in [-0.25, -0.2) is 4.79 Å². The maximum atomic E-state index is 12.4. The summed E-state index contributed by atoms with van der Waals surface area (Å²) in [6.07, 6.45) is 8.63. The summed E-state index contributed by atoms with van der Waals surface area (Å²) in [7, 11) is 0. The summed E-state index contributed by atoms with van der Waals surface area (Å²) in [5.74, 6) is 0.755. The molecule has 39 heavy (non-hydrogen) atoms. The minimum absolute atomic E-state index is 0.0766. The van der Waals surface area contributed by atoms with Crippen LogP contribution in [-0.2, 0) is 22.4 Å². The number of rotatable bonds is 13. The minimum Gasteiger partial charge on any atom is -0.491 e. The summed E-state index contributed by atoms with van der Waals surface area (Å²) >= 11 is 0. The molecule has 3 aromatic carbocycles.